The lowest BCUT2D eigenvalue weighted by Gasteiger charge is -2.22. The van der Waals surface area contributed by atoms with Crippen LogP contribution >= 0.6 is 0 Å². The van der Waals surface area contributed by atoms with Crippen LogP contribution in [0.3, 0.4) is 0 Å². The van der Waals surface area contributed by atoms with Crippen LogP contribution in [-0.2, 0) is 0 Å². The fraction of sp³-hybridized carbons (Fsp3) is 0.500. The van der Waals surface area contributed by atoms with Gasteiger partial charge in [0.2, 0.25) is 0 Å². The fourth-order valence-corrected chi connectivity index (χ4v) is 3.14. The molecule has 2 unspecified atom stereocenters. The van der Waals surface area contributed by atoms with E-state index in [1.165, 1.54) is 0 Å². The third-order valence-corrected chi connectivity index (χ3v) is 4.39. The zero-order chi connectivity index (χ0) is 15.0. The minimum Gasteiger partial charge on any atom is -0.393 e. The van der Waals surface area contributed by atoms with Gasteiger partial charge in [-0.25, -0.2) is 0 Å². The van der Waals surface area contributed by atoms with Gasteiger partial charge in [-0.15, -0.1) is 0 Å². The number of nitrogens with one attached hydrogen (secondary N) is 1. The molecule has 0 saturated heterocycles. The quantitative estimate of drug-likeness (QED) is 0.908. The van der Waals surface area contributed by atoms with Crippen molar-refractivity contribution in [3.05, 3.63) is 29.5 Å². The summed E-state index contributed by atoms with van der Waals surface area (Å²) in [5.74, 6) is 0.0943. The lowest BCUT2D eigenvalue weighted by atomic mass is 10.1. The Morgan fingerprint density at radius 3 is 3.00 bits per heavy atom. The molecule has 2 N–H and O–H groups in total. The first-order valence-electron chi connectivity index (χ1n) is 7.44. The molecule has 3 rings (SSSR count). The number of carbonyl (C=O) groups excluding carboxylic acids is 1. The molecular formula is C16H21N3O2. The Labute approximate surface area is 124 Å². The van der Waals surface area contributed by atoms with Crippen LogP contribution < -0.4 is 0 Å². The first-order valence-corrected chi connectivity index (χ1v) is 7.44. The first kappa shape index (κ1) is 14.1. The molecule has 1 amide bonds. The van der Waals surface area contributed by atoms with E-state index < -0.39 is 0 Å². The smallest absolute Gasteiger partial charge is 0.274 e. The van der Waals surface area contributed by atoms with E-state index in [0.717, 1.165) is 35.7 Å². The van der Waals surface area contributed by atoms with Crippen LogP contribution in [0.15, 0.2) is 18.2 Å². The molecule has 1 saturated carbocycles. The maximum atomic E-state index is 12.6. The zero-order valence-corrected chi connectivity index (χ0v) is 12.5. The predicted octanol–water partition coefficient (Wildman–Crippen LogP) is 2.10. The van der Waals surface area contributed by atoms with Crippen molar-refractivity contribution in [1.29, 1.82) is 0 Å². The molecule has 1 aliphatic carbocycles. The van der Waals surface area contributed by atoms with Crippen LogP contribution in [0.2, 0.25) is 0 Å². The van der Waals surface area contributed by atoms with Gasteiger partial charge >= 0.3 is 0 Å². The number of hydrogen-bond acceptors (Lipinski definition) is 3. The Morgan fingerprint density at radius 2 is 2.29 bits per heavy atom. The Bertz CT molecular complexity index is 665. The average Bonchev–Trinajstić information content (AvgIpc) is 3.04. The molecule has 0 spiro atoms. The van der Waals surface area contributed by atoms with Gasteiger partial charge in [-0.1, -0.05) is 18.1 Å². The van der Waals surface area contributed by atoms with E-state index in [4.69, 9.17) is 0 Å². The highest BCUT2D eigenvalue weighted by Gasteiger charge is 2.28. The summed E-state index contributed by atoms with van der Waals surface area (Å²) in [5, 5.41) is 17.8. The van der Waals surface area contributed by atoms with Crippen LogP contribution in [-0.4, -0.2) is 45.8 Å². The maximum Gasteiger partial charge on any atom is 0.274 e. The van der Waals surface area contributed by atoms with Gasteiger partial charge in [0, 0.05) is 24.9 Å². The Hall–Kier alpha value is -1.88. The van der Waals surface area contributed by atoms with E-state index in [0.29, 0.717) is 12.2 Å². The summed E-state index contributed by atoms with van der Waals surface area (Å²) in [6.45, 7) is 2.58. The zero-order valence-electron chi connectivity index (χ0n) is 12.5. The highest BCUT2D eigenvalue weighted by atomic mass is 16.3. The first-order chi connectivity index (χ1) is 10.1. The summed E-state index contributed by atoms with van der Waals surface area (Å²) in [6, 6.07) is 5.91. The van der Waals surface area contributed by atoms with Crippen molar-refractivity contribution in [2.75, 3.05) is 13.6 Å². The molecule has 1 aromatic heterocycles. The molecule has 21 heavy (non-hydrogen) atoms. The van der Waals surface area contributed by atoms with Gasteiger partial charge in [0.1, 0.15) is 0 Å². The third kappa shape index (κ3) is 2.65. The second-order valence-corrected chi connectivity index (χ2v) is 6.07. The van der Waals surface area contributed by atoms with Gasteiger partial charge in [0.05, 0.1) is 11.6 Å². The van der Waals surface area contributed by atoms with Crippen molar-refractivity contribution < 1.29 is 9.90 Å². The van der Waals surface area contributed by atoms with E-state index in [1.54, 1.807) is 11.9 Å². The van der Waals surface area contributed by atoms with Crippen molar-refractivity contribution >= 4 is 16.8 Å². The number of fused-ring (bicyclic) bond motifs is 1. The monoisotopic (exact) mass is 287 g/mol. The second kappa shape index (κ2) is 5.48. The highest BCUT2D eigenvalue weighted by molar-refractivity contribution is 6.04. The number of aromatic nitrogens is 2. The van der Waals surface area contributed by atoms with Gasteiger partial charge in [0.15, 0.2) is 5.69 Å². The Morgan fingerprint density at radius 1 is 1.48 bits per heavy atom. The van der Waals surface area contributed by atoms with Crippen LogP contribution in [0.4, 0.5) is 0 Å². The van der Waals surface area contributed by atoms with E-state index >= 15 is 0 Å². The molecule has 1 aromatic carbocycles. The molecule has 0 radical (unpaired) electrons. The summed E-state index contributed by atoms with van der Waals surface area (Å²) >= 11 is 0. The number of hydrogen-bond donors (Lipinski definition) is 2. The van der Waals surface area contributed by atoms with Gasteiger partial charge in [-0.2, -0.15) is 5.10 Å². The molecule has 0 bridgehead atoms. The standard InChI is InChI=1S/C16H21N3O2/c1-10-6-7-13-12(8-10)15(18-17-13)16(21)19(2)9-11-4-3-5-14(11)20/h6-8,11,14,20H,3-5,9H2,1-2H3,(H,17,18). The molecule has 2 atom stereocenters. The number of nitrogens with zero attached hydrogens (tertiary/aromatic N) is 2. The van der Waals surface area contributed by atoms with Gasteiger partial charge in [-0.3, -0.25) is 9.89 Å². The molecular weight excluding hydrogens is 266 g/mol. The topological polar surface area (TPSA) is 69.2 Å². The number of rotatable bonds is 3. The SMILES string of the molecule is Cc1ccc2[nH]nc(C(=O)N(C)CC3CCCC3O)c2c1. The fourth-order valence-electron chi connectivity index (χ4n) is 3.14. The Kier molecular flexibility index (Phi) is 3.68. The van der Waals surface area contributed by atoms with Crippen LogP contribution in [0.5, 0.6) is 0 Å². The lowest BCUT2D eigenvalue weighted by Crippen LogP contribution is -2.34. The number of aliphatic hydroxyl groups is 1. The van der Waals surface area contributed by atoms with E-state index in [9.17, 15) is 9.90 Å². The summed E-state index contributed by atoms with van der Waals surface area (Å²) in [5.41, 5.74) is 2.44. The number of H-pyrrole nitrogens is 1. The molecule has 112 valence electrons. The number of aliphatic hydroxyl groups excluding tert-OH is 1. The molecule has 0 aliphatic heterocycles. The van der Waals surface area contributed by atoms with Crippen LogP contribution in [0.25, 0.3) is 10.9 Å². The highest BCUT2D eigenvalue weighted by Crippen LogP contribution is 2.27. The summed E-state index contributed by atoms with van der Waals surface area (Å²) in [6.07, 6.45) is 2.59. The summed E-state index contributed by atoms with van der Waals surface area (Å²) in [7, 11) is 1.78. The van der Waals surface area contributed by atoms with E-state index in [2.05, 4.69) is 10.2 Å². The predicted molar refractivity (Wildman–Crippen MR) is 81.1 cm³/mol. The Balaban J connectivity index is 1.81. The van der Waals surface area contributed by atoms with Crippen LogP contribution in [0.1, 0.15) is 35.3 Å². The number of carbonyl (C=O) groups is 1. The molecule has 2 aromatic rings. The van der Waals surface area contributed by atoms with E-state index in [-0.39, 0.29) is 17.9 Å². The van der Waals surface area contributed by atoms with Crippen molar-refractivity contribution in [3.8, 4) is 0 Å². The molecule has 5 heteroatoms. The van der Waals surface area contributed by atoms with E-state index in [1.807, 2.05) is 25.1 Å². The summed E-state index contributed by atoms with van der Waals surface area (Å²) < 4.78 is 0. The normalized spacial score (nSPS) is 21.9. The minimum atomic E-state index is -0.279. The minimum absolute atomic E-state index is 0.0917. The number of amides is 1. The average molecular weight is 287 g/mol. The number of benzene rings is 1. The van der Waals surface area contributed by atoms with Crippen molar-refractivity contribution in [2.24, 2.45) is 5.92 Å². The van der Waals surface area contributed by atoms with Gasteiger partial charge in [0.25, 0.3) is 5.91 Å². The third-order valence-electron chi connectivity index (χ3n) is 4.39. The van der Waals surface area contributed by atoms with Crippen molar-refractivity contribution in [2.45, 2.75) is 32.3 Å². The second-order valence-electron chi connectivity index (χ2n) is 6.07. The number of aryl methyl sites for hydroxylation is 1. The van der Waals surface area contributed by atoms with Crippen LogP contribution in [0, 0.1) is 12.8 Å². The molecule has 1 fully saturated rings. The lowest BCUT2D eigenvalue weighted by molar-refractivity contribution is 0.0690. The molecule has 1 aliphatic rings. The van der Waals surface area contributed by atoms with Gasteiger partial charge in [-0.05, 0) is 31.9 Å². The van der Waals surface area contributed by atoms with Gasteiger partial charge < -0.3 is 10.0 Å². The summed E-state index contributed by atoms with van der Waals surface area (Å²) in [4.78, 5) is 14.3. The molecule has 5 nitrogen and oxygen atoms in total. The van der Waals surface area contributed by atoms with Crippen molar-refractivity contribution in [3.63, 3.8) is 0 Å². The van der Waals surface area contributed by atoms with Crippen molar-refractivity contribution in [1.82, 2.24) is 15.1 Å². The molecule has 1 heterocycles. The number of aromatic amines is 1. The maximum absolute atomic E-state index is 12.6. The largest absolute Gasteiger partial charge is 0.393 e.